The molecule has 0 N–H and O–H groups in total. The van der Waals surface area contributed by atoms with Crippen molar-refractivity contribution in [2.45, 2.75) is 71.3 Å². The second-order valence-electron chi connectivity index (χ2n) is 9.35. The molecule has 30 heavy (non-hydrogen) atoms. The van der Waals surface area contributed by atoms with E-state index >= 15 is 0 Å². The molecule has 0 aromatic heterocycles. The Hall–Kier alpha value is -2.49. The van der Waals surface area contributed by atoms with Gasteiger partial charge in [0.1, 0.15) is 11.4 Å². The monoisotopic (exact) mass is 407 g/mol. The van der Waals surface area contributed by atoms with E-state index in [4.69, 9.17) is 4.84 Å². The number of halogens is 1. The second kappa shape index (κ2) is 8.33. The summed E-state index contributed by atoms with van der Waals surface area (Å²) in [6.45, 7) is 5.93. The first-order valence-corrected chi connectivity index (χ1v) is 11.1. The van der Waals surface area contributed by atoms with Crippen molar-refractivity contribution in [3.8, 4) is 11.1 Å². The SMILES string of the molecule is Cc1ccc(-c2cc(C(=O)CC(C)C)cc(C3=NOC4(CCCCC4)C3)c2)c(F)c1. The van der Waals surface area contributed by atoms with Gasteiger partial charge in [0.25, 0.3) is 0 Å². The number of Topliss-reactive ketones (excluding diaryl/α,β-unsaturated/α-hetero) is 1. The van der Waals surface area contributed by atoms with E-state index in [-0.39, 0.29) is 23.1 Å². The van der Waals surface area contributed by atoms with Gasteiger partial charge in [0, 0.05) is 29.5 Å². The van der Waals surface area contributed by atoms with Gasteiger partial charge in [-0.15, -0.1) is 0 Å². The summed E-state index contributed by atoms with van der Waals surface area (Å²) in [6, 6.07) is 10.9. The van der Waals surface area contributed by atoms with Crippen LogP contribution >= 0.6 is 0 Å². The third kappa shape index (κ3) is 4.33. The Morgan fingerprint density at radius 3 is 2.53 bits per heavy atom. The van der Waals surface area contributed by atoms with Gasteiger partial charge < -0.3 is 4.84 Å². The quantitative estimate of drug-likeness (QED) is 0.508. The van der Waals surface area contributed by atoms with E-state index in [0.29, 0.717) is 23.1 Å². The molecule has 0 radical (unpaired) electrons. The Morgan fingerprint density at radius 1 is 1.10 bits per heavy atom. The van der Waals surface area contributed by atoms with Gasteiger partial charge in [0.05, 0.1) is 5.71 Å². The van der Waals surface area contributed by atoms with E-state index in [1.165, 1.54) is 12.5 Å². The van der Waals surface area contributed by atoms with E-state index in [2.05, 4.69) is 5.16 Å². The molecule has 4 heteroatoms. The van der Waals surface area contributed by atoms with E-state index in [1.807, 2.05) is 45.0 Å². The van der Waals surface area contributed by atoms with Gasteiger partial charge in [-0.1, -0.05) is 37.6 Å². The Kier molecular flexibility index (Phi) is 5.77. The number of rotatable bonds is 5. The first-order valence-electron chi connectivity index (χ1n) is 11.1. The highest BCUT2D eigenvalue weighted by atomic mass is 19.1. The van der Waals surface area contributed by atoms with E-state index in [9.17, 15) is 9.18 Å². The maximum absolute atomic E-state index is 14.7. The first kappa shape index (κ1) is 20.8. The summed E-state index contributed by atoms with van der Waals surface area (Å²) in [5.74, 6) is 0.0636. The van der Waals surface area contributed by atoms with Gasteiger partial charge in [-0.05, 0) is 73.9 Å². The van der Waals surface area contributed by atoms with Crippen molar-refractivity contribution in [3.63, 3.8) is 0 Å². The minimum absolute atomic E-state index is 0.0764. The van der Waals surface area contributed by atoms with E-state index in [1.54, 1.807) is 6.07 Å². The number of hydrogen-bond acceptors (Lipinski definition) is 3. The Bertz CT molecular complexity index is 987. The molecular formula is C26H30FNO2. The van der Waals surface area contributed by atoms with Gasteiger partial charge in [-0.3, -0.25) is 4.79 Å². The van der Waals surface area contributed by atoms with Crippen molar-refractivity contribution in [1.82, 2.24) is 0 Å². The molecule has 2 aromatic rings. The Balaban J connectivity index is 1.73. The lowest BCUT2D eigenvalue weighted by atomic mass is 9.80. The maximum atomic E-state index is 14.7. The van der Waals surface area contributed by atoms with Gasteiger partial charge in [0.15, 0.2) is 5.78 Å². The molecule has 158 valence electrons. The molecule has 1 saturated carbocycles. The zero-order chi connectivity index (χ0) is 21.3. The van der Waals surface area contributed by atoms with Crippen LogP contribution in [0.2, 0.25) is 0 Å². The highest BCUT2D eigenvalue weighted by Crippen LogP contribution is 2.40. The molecule has 2 aliphatic rings. The largest absolute Gasteiger partial charge is 0.389 e. The second-order valence-corrected chi connectivity index (χ2v) is 9.35. The summed E-state index contributed by atoms with van der Waals surface area (Å²) in [7, 11) is 0. The molecule has 2 aromatic carbocycles. The number of hydrogen-bond donors (Lipinski definition) is 0. The lowest BCUT2D eigenvalue weighted by Gasteiger charge is -2.30. The molecule has 4 rings (SSSR count). The Morgan fingerprint density at radius 2 is 1.83 bits per heavy atom. The summed E-state index contributed by atoms with van der Waals surface area (Å²) in [5.41, 5.74) is 4.24. The fourth-order valence-electron chi connectivity index (χ4n) is 4.59. The minimum atomic E-state index is -0.275. The van der Waals surface area contributed by atoms with Gasteiger partial charge in [0.2, 0.25) is 0 Å². The number of carbonyl (C=O) groups excluding carboxylic acids is 1. The molecular weight excluding hydrogens is 377 g/mol. The van der Waals surface area contributed by atoms with Crippen molar-refractivity contribution < 1.29 is 14.0 Å². The molecule has 0 saturated heterocycles. The van der Waals surface area contributed by atoms with Crippen molar-refractivity contribution in [3.05, 3.63) is 58.9 Å². The summed E-state index contributed by atoms with van der Waals surface area (Å²) in [4.78, 5) is 18.8. The topological polar surface area (TPSA) is 38.7 Å². The predicted octanol–water partition coefficient (Wildman–Crippen LogP) is 6.86. The van der Waals surface area contributed by atoms with Crippen LogP contribution in [0.25, 0.3) is 11.1 Å². The normalized spacial score (nSPS) is 17.8. The number of aryl methyl sites for hydroxylation is 1. The first-order chi connectivity index (χ1) is 14.3. The third-order valence-corrected chi connectivity index (χ3v) is 6.22. The molecule has 1 spiro atoms. The van der Waals surface area contributed by atoms with Crippen molar-refractivity contribution in [1.29, 1.82) is 0 Å². The van der Waals surface area contributed by atoms with Crippen LogP contribution < -0.4 is 0 Å². The van der Waals surface area contributed by atoms with E-state index < -0.39 is 0 Å². The molecule has 0 unspecified atom stereocenters. The lowest BCUT2D eigenvalue weighted by molar-refractivity contribution is -0.0449. The molecule has 1 fully saturated rings. The predicted molar refractivity (Wildman–Crippen MR) is 118 cm³/mol. The standard InChI is InChI=1S/C26H30FNO2/c1-17(2)11-25(29)21-14-19(22-8-7-18(3)12-23(22)27)13-20(15-21)24-16-26(30-28-24)9-5-4-6-10-26/h7-8,12-15,17H,4-6,9-11,16H2,1-3H3. The molecule has 1 aliphatic carbocycles. The average molecular weight is 408 g/mol. The van der Waals surface area contributed by atoms with Crippen LogP contribution in [0.15, 0.2) is 41.6 Å². The fourth-order valence-corrected chi connectivity index (χ4v) is 4.59. The molecule has 0 bridgehead atoms. The molecule has 0 amide bonds. The van der Waals surface area contributed by atoms with Gasteiger partial charge in [-0.25, -0.2) is 4.39 Å². The zero-order valence-corrected chi connectivity index (χ0v) is 18.1. The number of ketones is 1. The molecule has 1 aliphatic heterocycles. The van der Waals surface area contributed by atoms with Gasteiger partial charge >= 0.3 is 0 Å². The van der Waals surface area contributed by atoms with Crippen LogP contribution in [0.1, 0.15) is 80.3 Å². The fraction of sp³-hybridized carbons (Fsp3) is 0.462. The van der Waals surface area contributed by atoms with Crippen LogP contribution in [0.5, 0.6) is 0 Å². The summed E-state index contributed by atoms with van der Waals surface area (Å²) in [5, 5.41) is 4.43. The smallest absolute Gasteiger partial charge is 0.163 e. The highest BCUT2D eigenvalue weighted by Gasteiger charge is 2.40. The van der Waals surface area contributed by atoms with Crippen LogP contribution in [0.4, 0.5) is 4.39 Å². The third-order valence-electron chi connectivity index (χ3n) is 6.22. The molecule has 0 atom stereocenters. The van der Waals surface area contributed by atoms with E-state index in [0.717, 1.165) is 48.9 Å². The number of nitrogens with zero attached hydrogens (tertiary/aromatic N) is 1. The number of oxime groups is 1. The molecule has 1 heterocycles. The summed E-state index contributed by atoms with van der Waals surface area (Å²) < 4.78 is 14.7. The van der Waals surface area contributed by atoms with Crippen molar-refractivity contribution in [2.24, 2.45) is 11.1 Å². The molecule has 3 nitrogen and oxygen atoms in total. The van der Waals surface area contributed by atoms with Crippen LogP contribution in [-0.2, 0) is 4.84 Å². The maximum Gasteiger partial charge on any atom is 0.163 e. The van der Waals surface area contributed by atoms with Gasteiger partial charge in [-0.2, -0.15) is 0 Å². The summed E-state index contributed by atoms with van der Waals surface area (Å²) >= 11 is 0. The zero-order valence-electron chi connectivity index (χ0n) is 18.1. The highest BCUT2D eigenvalue weighted by molar-refractivity contribution is 6.06. The average Bonchev–Trinajstić information content (AvgIpc) is 3.11. The Labute approximate surface area is 178 Å². The number of benzene rings is 2. The van der Waals surface area contributed by atoms with Crippen molar-refractivity contribution in [2.75, 3.05) is 0 Å². The minimum Gasteiger partial charge on any atom is -0.389 e. The van der Waals surface area contributed by atoms with Crippen molar-refractivity contribution >= 4 is 11.5 Å². The van der Waals surface area contributed by atoms with Crippen LogP contribution in [0, 0.1) is 18.7 Å². The van der Waals surface area contributed by atoms with Crippen LogP contribution in [-0.4, -0.2) is 17.1 Å². The van der Waals surface area contributed by atoms with Crippen LogP contribution in [0.3, 0.4) is 0 Å². The lowest BCUT2D eigenvalue weighted by Crippen LogP contribution is -2.31. The summed E-state index contributed by atoms with van der Waals surface area (Å²) in [6.07, 6.45) is 6.83. The number of carbonyl (C=O) groups is 1.